The number of fused-ring (bicyclic) bond motifs is 2. The summed E-state index contributed by atoms with van der Waals surface area (Å²) in [6.45, 7) is 11.5. The van der Waals surface area contributed by atoms with Gasteiger partial charge in [0, 0.05) is 0 Å². The minimum absolute atomic E-state index is 0. The molecule has 0 aromatic heterocycles. The van der Waals surface area contributed by atoms with Crippen molar-refractivity contribution >= 4 is 27.0 Å². The minimum Gasteiger partial charge on any atom is -1.00 e. The van der Waals surface area contributed by atoms with E-state index in [9.17, 15) is 0 Å². The molecular weight excluding hydrogens is 887 g/mol. The summed E-state index contributed by atoms with van der Waals surface area (Å²) in [5.41, 5.74) is 13.0. The van der Waals surface area contributed by atoms with Gasteiger partial charge in [0.25, 0.3) is 0 Å². The maximum atomic E-state index is 2.49. The molecular formula is C58H68Cl2SiZr-2. The SMILES string of the molecule is CCC(C)c1cc2c(-c3ccc(C45CC6CC(CC(C6)C4)C5)cc3)cccc2[cH-]1.CCc1cc2c(-c3ccc(C45CC6CC(CC(C6)C4)C5)cc3)cccc2[cH-]1.C[Si](C)=[Zr+2].[Cl-].[Cl-]. The predicted molar refractivity (Wildman–Crippen MR) is 255 cm³/mol. The van der Waals surface area contributed by atoms with Crippen LogP contribution in [0.2, 0.25) is 13.1 Å². The largest absolute Gasteiger partial charge is 1.00 e. The summed E-state index contributed by atoms with van der Waals surface area (Å²) in [5, 5.41) is 5.61. The Morgan fingerprint density at radius 2 is 0.935 bits per heavy atom. The number of rotatable bonds is 7. The predicted octanol–water partition coefficient (Wildman–Crippen LogP) is 10.3. The van der Waals surface area contributed by atoms with Gasteiger partial charge in [0.2, 0.25) is 0 Å². The van der Waals surface area contributed by atoms with Gasteiger partial charge in [-0.2, -0.15) is 12.1 Å². The van der Waals surface area contributed by atoms with Gasteiger partial charge in [0.15, 0.2) is 0 Å². The smallest absolute Gasteiger partial charge is 1.00 e. The van der Waals surface area contributed by atoms with Crippen LogP contribution in [0.3, 0.4) is 0 Å². The summed E-state index contributed by atoms with van der Waals surface area (Å²) in [5.74, 6) is 6.71. The van der Waals surface area contributed by atoms with E-state index in [1.165, 1.54) is 138 Å². The van der Waals surface area contributed by atoms with Crippen molar-refractivity contribution in [2.75, 3.05) is 0 Å². The average molecular weight is 955 g/mol. The molecule has 62 heavy (non-hydrogen) atoms. The molecule has 6 aromatic rings. The third kappa shape index (κ3) is 9.01. The first-order chi connectivity index (χ1) is 29.1. The van der Waals surface area contributed by atoms with Crippen molar-refractivity contribution in [3.63, 3.8) is 0 Å². The molecule has 8 aliphatic carbocycles. The molecule has 0 heterocycles. The van der Waals surface area contributed by atoms with Gasteiger partial charge in [-0.25, -0.2) is 0 Å². The van der Waals surface area contributed by atoms with E-state index in [0.29, 0.717) is 16.7 Å². The van der Waals surface area contributed by atoms with Gasteiger partial charge < -0.3 is 24.8 Å². The average Bonchev–Trinajstić information content (AvgIpc) is 3.88. The Morgan fingerprint density at radius 3 is 1.31 bits per heavy atom. The monoisotopic (exact) mass is 952 g/mol. The zero-order valence-corrected chi connectivity index (χ0v) is 43.1. The summed E-state index contributed by atoms with van der Waals surface area (Å²) < 4.78 is 0. The van der Waals surface area contributed by atoms with E-state index in [1.807, 2.05) is 0 Å². The van der Waals surface area contributed by atoms with E-state index >= 15 is 0 Å². The van der Waals surface area contributed by atoms with E-state index in [-0.39, 0.29) is 30.2 Å². The fraction of sp³-hybridized carbons (Fsp3) is 0.483. The Kier molecular flexibility index (Phi) is 14.2. The van der Waals surface area contributed by atoms with Crippen LogP contribution >= 0.6 is 0 Å². The van der Waals surface area contributed by atoms with Crippen LogP contribution in [0, 0.1) is 35.5 Å². The van der Waals surface area contributed by atoms with Crippen molar-refractivity contribution in [3.8, 4) is 22.3 Å². The number of hydrogen-bond donors (Lipinski definition) is 0. The summed E-state index contributed by atoms with van der Waals surface area (Å²) in [7, 11) is 0. The first-order valence-electron chi connectivity index (χ1n) is 24.2. The van der Waals surface area contributed by atoms with Crippen LogP contribution in [0.15, 0.2) is 109 Å². The van der Waals surface area contributed by atoms with Gasteiger partial charge in [-0.1, -0.05) is 99.0 Å². The van der Waals surface area contributed by atoms with Crippen LogP contribution in [0.1, 0.15) is 132 Å². The van der Waals surface area contributed by atoms with Gasteiger partial charge in [0.05, 0.1) is 0 Å². The van der Waals surface area contributed by atoms with Crippen LogP contribution in [-0.2, 0) is 40.6 Å². The van der Waals surface area contributed by atoms with Gasteiger partial charge in [0.1, 0.15) is 0 Å². The topological polar surface area (TPSA) is 0 Å². The second-order valence-corrected chi connectivity index (χ2v) is 30.9. The second kappa shape index (κ2) is 18.9. The van der Waals surface area contributed by atoms with Crippen molar-refractivity contribution in [1.29, 1.82) is 0 Å². The summed E-state index contributed by atoms with van der Waals surface area (Å²) in [4.78, 5) is 0. The quantitative estimate of drug-likeness (QED) is 0.111. The molecule has 0 N–H and O–H groups in total. The molecule has 0 saturated heterocycles. The fourth-order valence-electron chi connectivity index (χ4n) is 14.7. The molecule has 1 atom stereocenters. The maximum Gasteiger partial charge on any atom is -1.00 e. The number of halogens is 2. The van der Waals surface area contributed by atoms with Crippen molar-refractivity contribution in [1.82, 2.24) is 0 Å². The van der Waals surface area contributed by atoms with Crippen molar-refractivity contribution in [2.45, 2.75) is 141 Å². The molecule has 0 amide bonds. The Labute approximate surface area is 401 Å². The van der Waals surface area contributed by atoms with Crippen LogP contribution in [-0.4, -0.2) is 5.43 Å². The second-order valence-electron chi connectivity index (χ2n) is 21.5. The number of hydrogen-bond acceptors (Lipinski definition) is 0. The van der Waals surface area contributed by atoms with Crippen molar-refractivity contribution in [2.24, 2.45) is 35.5 Å². The summed E-state index contributed by atoms with van der Waals surface area (Å²) in [6, 6.07) is 42.7. The van der Waals surface area contributed by atoms with E-state index in [4.69, 9.17) is 0 Å². The Morgan fingerprint density at radius 1 is 0.565 bits per heavy atom. The molecule has 4 heteroatoms. The molecule has 6 aromatic carbocycles. The molecule has 8 saturated carbocycles. The summed E-state index contributed by atoms with van der Waals surface area (Å²) >= 11 is 1.74. The van der Waals surface area contributed by atoms with E-state index in [1.54, 1.807) is 34.5 Å². The van der Waals surface area contributed by atoms with Crippen molar-refractivity contribution < 1.29 is 48.1 Å². The van der Waals surface area contributed by atoms with Gasteiger partial charge in [-0.05, 0) is 158 Å². The number of benzene rings is 4. The Balaban J connectivity index is 0.000000153. The molecule has 1 unspecified atom stereocenters. The van der Waals surface area contributed by atoms with Crippen LogP contribution < -0.4 is 24.8 Å². The molecule has 324 valence electrons. The molecule has 0 radical (unpaired) electrons. The number of aryl methyl sites for hydroxylation is 1. The zero-order valence-electron chi connectivity index (χ0n) is 38.1. The molecule has 8 bridgehead atoms. The molecule has 0 spiro atoms. The molecule has 0 nitrogen and oxygen atoms in total. The Bertz CT molecular complexity index is 2410. The first kappa shape index (κ1) is 46.3. The van der Waals surface area contributed by atoms with Gasteiger partial charge >= 0.3 is 41.9 Å². The van der Waals surface area contributed by atoms with E-state index in [2.05, 4.69) is 143 Å². The van der Waals surface area contributed by atoms with Gasteiger partial charge in [-0.15, -0.1) is 69.1 Å². The molecule has 0 aliphatic heterocycles. The normalized spacial score (nSPS) is 29.0. The third-order valence-electron chi connectivity index (χ3n) is 16.9. The zero-order chi connectivity index (χ0) is 41.2. The molecule has 8 fully saturated rings. The Hall–Kier alpha value is -2.22. The standard InChI is InChI=1S/C29H33.C27H29.C2H6Si.2ClH.Zr/c1-3-19(2)25-14-24-5-4-6-27(28(24)15-25)23-7-9-26(10-8-23)29-16-20-11-21(17-29)13-22(12-20)18-29;1-2-18-13-23-4-3-5-25(26(23)14-18)22-6-8-24(9-7-22)27-15-19-10-20(16-27)12-21(11-19)17-27;1-3-2;;;/h4-10,14-15,19-22H,3,11-13,16-18H2,1-2H3;3-9,13-14,19-21H,2,10-12,15-17H2,1H3;1-2H3;2*1H;/q2*-1;;;;+2/p-2. The maximum absolute atomic E-state index is 2.49. The minimum atomic E-state index is 0. The third-order valence-corrected chi connectivity index (χ3v) is 16.9. The van der Waals surface area contributed by atoms with Crippen LogP contribution in [0.25, 0.3) is 43.8 Å². The van der Waals surface area contributed by atoms with Crippen LogP contribution in [0.5, 0.6) is 0 Å². The molecule has 8 aliphatic rings. The summed E-state index contributed by atoms with van der Waals surface area (Å²) in [6.07, 6.45) is 20.2. The van der Waals surface area contributed by atoms with E-state index in [0.717, 1.165) is 41.9 Å². The molecule has 14 rings (SSSR count). The van der Waals surface area contributed by atoms with Crippen molar-refractivity contribution in [3.05, 3.63) is 131 Å². The fourth-order valence-corrected chi connectivity index (χ4v) is 14.7. The first-order valence-corrected chi connectivity index (χ1v) is 30.4. The van der Waals surface area contributed by atoms with Gasteiger partial charge in [-0.3, -0.25) is 0 Å². The van der Waals surface area contributed by atoms with Crippen LogP contribution in [0.4, 0.5) is 0 Å². The van der Waals surface area contributed by atoms with E-state index < -0.39 is 0 Å².